The molecule has 3 amide bonds. The summed E-state index contributed by atoms with van der Waals surface area (Å²) in [5.41, 5.74) is 9.39. The lowest BCUT2D eigenvalue weighted by atomic mass is 10.1. The Labute approximate surface area is 159 Å². The Bertz CT molecular complexity index is 846. The van der Waals surface area contributed by atoms with E-state index in [1.165, 1.54) is 0 Å². The molecule has 0 aliphatic rings. The van der Waals surface area contributed by atoms with Gasteiger partial charge >= 0.3 is 0 Å². The van der Waals surface area contributed by atoms with Gasteiger partial charge in [0.15, 0.2) is 0 Å². The van der Waals surface area contributed by atoms with E-state index in [4.69, 9.17) is 0 Å². The van der Waals surface area contributed by atoms with Gasteiger partial charge in [-0.05, 0) is 49.1 Å². The number of hydrogen-bond donors (Lipinski definition) is 3. The lowest BCUT2D eigenvalue weighted by Crippen LogP contribution is -2.42. The molecule has 2 aromatic carbocycles. The topological polar surface area (TPSA) is 87.3 Å². The first-order chi connectivity index (χ1) is 12.8. The van der Waals surface area contributed by atoms with E-state index in [2.05, 4.69) is 16.2 Å². The third-order valence-electron chi connectivity index (χ3n) is 4.20. The first-order valence-electron chi connectivity index (χ1n) is 8.84. The molecule has 27 heavy (non-hydrogen) atoms. The largest absolute Gasteiger partial charge is 0.326 e. The molecule has 6 nitrogen and oxygen atoms in total. The van der Waals surface area contributed by atoms with Crippen molar-refractivity contribution in [1.29, 1.82) is 0 Å². The smallest absolute Gasteiger partial charge is 0.242 e. The van der Waals surface area contributed by atoms with Crippen molar-refractivity contribution in [3.63, 3.8) is 0 Å². The van der Waals surface area contributed by atoms with Crippen LogP contribution < -0.4 is 16.2 Å². The van der Waals surface area contributed by atoms with Crippen LogP contribution in [0.15, 0.2) is 42.5 Å². The van der Waals surface area contributed by atoms with Gasteiger partial charge in [-0.3, -0.25) is 25.2 Å². The second kappa shape index (κ2) is 9.52. The van der Waals surface area contributed by atoms with Crippen LogP contribution in [0.3, 0.4) is 0 Å². The van der Waals surface area contributed by atoms with E-state index in [1.54, 1.807) is 0 Å². The highest BCUT2D eigenvalue weighted by Gasteiger charge is 2.10. The van der Waals surface area contributed by atoms with Gasteiger partial charge in [-0.2, -0.15) is 0 Å². The fourth-order valence-corrected chi connectivity index (χ4v) is 2.54. The summed E-state index contributed by atoms with van der Waals surface area (Å²) in [6.45, 7) is 5.78. The van der Waals surface area contributed by atoms with Crippen LogP contribution in [0.1, 0.15) is 35.1 Å². The Hall–Kier alpha value is -3.15. The number of hydrogen-bond acceptors (Lipinski definition) is 3. The summed E-state index contributed by atoms with van der Waals surface area (Å²) in [5.74, 6) is -0.966. The van der Waals surface area contributed by atoms with Crippen molar-refractivity contribution < 1.29 is 14.4 Å². The highest BCUT2D eigenvalue weighted by Crippen LogP contribution is 2.16. The standard InChI is InChI=1S/C21H25N3O3/c1-14-8-9-16(3)18(12-14)22-19(25)10-11-20(26)23-24-21(27)13-17-7-5-4-6-15(17)2/h4-9,12H,10-11,13H2,1-3H3,(H,22,25)(H,23,26)(H,24,27). The normalized spacial score (nSPS) is 10.2. The fraction of sp³-hybridized carbons (Fsp3) is 0.286. The molecular weight excluding hydrogens is 342 g/mol. The zero-order valence-corrected chi connectivity index (χ0v) is 15.9. The minimum atomic E-state index is -0.413. The summed E-state index contributed by atoms with van der Waals surface area (Å²) < 4.78 is 0. The van der Waals surface area contributed by atoms with Crippen LogP contribution in [-0.4, -0.2) is 17.7 Å². The third kappa shape index (κ3) is 6.58. The van der Waals surface area contributed by atoms with Crippen molar-refractivity contribution >= 4 is 23.4 Å². The maximum atomic E-state index is 12.0. The van der Waals surface area contributed by atoms with E-state index in [0.29, 0.717) is 0 Å². The molecule has 0 saturated carbocycles. The van der Waals surface area contributed by atoms with E-state index >= 15 is 0 Å². The zero-order valence-electron chi connectivity index (χ0n) is 15.9. The van der Waals surface area contributed by atoms with Gasteiger partial charge in [0.2, 0.25) is 17.7 Å². The summed E-state index contributed by atoms with van der Waals surface area (Å²) in [6, 6.07) is 13.4. The van der Waals surface area contributed by atoms with Gasteiger partial charge < -0.3 is 5.32 Å². The van der Waals surface area contributed by atoms with Gasteiger partial charge in [-0.15, -0.1) is 0 Å². The molecule has 0 radical (unpaired) electrons. The number of carbonyl (C=O) groups excluding carboxylic acids is 3. The highest BCUT2D eigenvalue weighted by atomic mass is 16.2. The second-order valence-corrected chi connectivity index (χ2v) is 6.57. The van der Waals surface area contributed by atoms with E-state index in [-0.39, 0.29) is 31.1 Å². The van der Waals surface area contributed by atoms with E-state index in [9.17, 15) is 14.4 Å². The molecule has 6 heteroatoms. The average molecular weight is 367 g/mol. The first-order valence-corrected chi connectivity index (χ1v) is 8.84. The Morgan fingerprint density at radius 2 is 1.44 bits per heavy atom. The summed E-state index contributed by atoms with van der Waals surface area (Å²) >= 11 is 0. The van der Waals surface area contributed by atoms with Gasteiger partial charge in [0.25, 0.3) is 0 Å². The van der Waals surface area contributed by atoms with Crippen LogP contribution in [-0.2, 0) is 20.8 Å². The minimum Gasteiger partial charge on any atom is -0.326 e. The van der Waals surface area contributed by atoms with Crippen LogP contribution in [0, 0.1) is 20.8 Å². The summed E-state index contributed by atoms with van der Waals surface area (Å²) in [6.07, 6.45) is 0.203. The molecule has 0 aliphatic heterocycles. The summed E-state index contributed by atoms with van der Waals surface area (Å²) in [7, 11) is 0. The number of nitrogens with one attached hydrogen (secondary N) is 3. The van der Waals surface area contributed by atoms with Crippen molar-refractivity contribution in [2.75, 3.05) is 5.32 Å². The Balaban J connectivity index is 1.72. The highest BCUT2D eigenvalue weighted by molar-refractivity contribution is 5.94. The quantitative estimate of drug-likeness (QED) is 0.686. The number of hydrazine groups is 1. The summed E-state index contributed by atoms with van der Waals surface area (Å²) in [4.78, 5) is 35.8. The molecule has 0 bridgehead atoms. The lowest BCUT2D eigenvalue weighted by Gasteiger charge is -2.10. The van der Waals surface area contributed by atoms with Crippen LogP contribution in [0.25, 0.3) is 0 Å². The molecule has 142 valence electrons. The van der Waals surface area contributed by atoms with Gasteiger partial charge in [-0.1, -0.05) is 36.4 Å². The zero-order chi connectivity index (χ0) is 19.8. The Morgan fingerprint density at radius 1 is 0.778 bits per heavy atom. The van der Waals surface area contributed by atoms with Crippen LogP contribution in [0.5, 0.6) is 0 Å². The molecule has 3 N–H and O–H groups in total. The SMILES string of the molecule is Cc1ccc(C)c(NC(=O)CCC(=O)NNC(=O)Cc2ccccc2C)c1. The molecule has 0 unspecified atom stereocenters. The number of amides is 3. The molecule has 0 aliphatic carbocycles. The number of rotatable bonds is 6. The minimum absolute atomic E-state index is 0.0126. The predicted octanol–water partition coefficient (Wildman–Crippen LogP) is 2.72. The second-order valence-electron chi connectivity index (χ2n) is 6.57. The molecule has 0 fully saturated rings. The number of benzene rings is 2. The molecule has 0 saturated heterocycles. The monoisotopic (exact) mass is 367 g/mol. The van der Waals surface area contributed by atoms with Crippen molar-refractivity contribution in [2.24, 2.45) is 0 Å². The molecular formula is C21H25N3O3. The lowest BCUT2D eigenvalue weighted by molar-refractivity contribution is -0.129. The van der Waals surface area contributed by atoms with Crippen LogP contribution >= 0.6 is 0 Å². The molecule has 2 aromatic rings. The molecule has 2 rings (SSSR count). The fourth-order valence-electron chi connectivity index (χ4n) is 2.54. The first kappa shape index (κ1) is 20.2. The van der Waals surface area contributed by atoms with Crippen LogP contribution in [0.4, 0.5) is 5.69 Å². The Kier molecular flexibility index (Phi) is 7.11. The number of anilines is 1. The van der Waals surface area contributed by atoms with Gasteiger partial charge in [0.05, 0.1) is 6.42 Å². The van der Waals surface area contributed by atoms with Crippen molar-refractivity contribution in [1.82, 2.24) is 10.9 Å². The molecule has 0 atom stereocenters. The average Bonchev–Trinajstić information content (AvgIpc) is 2.63. The predicted molar refractivity (Wildman–Crippen MR) is 105 cm³/mol. The van der Waals surface area contributed by atoms with E-state index < -0.39 is 5.91 Å². The van der Waals surface area contributed by atoms with Gasteiger partial charge in [-0.25, -0.2) is 0 Å². The molecule has 0 spiro atoms. The van der Waals surface area contributed by atoms with E-state index in [0.717, 1.165) is 27.9 Å². The summed E-state index contributed by atoms with van der Waals surface area (Å²) in [5, 5.41) is 2.80. The number of carbonyl (C=O) groups is 3. The molecule has 0 heterocycles. The number of aryl methyl sites for hydroxylation is 3. The van der Waals surface area contributed by atoms with Crippen molar-refractivity contribution in [3.05, 3.63) is 64.7 Å². The van der Waals surface area contributed by atoms with Gasteiger partial charge in [0.1, 0.15) is 0 Å². The third-order valence-corrected chi connectivity index (χ3v) is 4.20. The maximum Gasteiger partial charge on any atom is 0.242 e. The van der Waals surface area contributed by atoms with E-state index in [1.807, 2.05) is 63.2 Å². The Morgan fingerprint density at radius 3 is 2.19 bits per heavy atom. The maximum absolute atomic E-state index is 12.0. The molecule has 0 aromatic heterocycles. The van der Waals surface area contributed by atoms with Crippen LogP contribution in [0.2, 0.25) is 0 Å². The van der Waals surface area contributed by atoms with Crippen molar-refractivity contribution in [2.45, 2.75) is 40.0 Å². The van der Waals surface area contributed by atoms with Gasteiger partial charge in [0, 0.05) is 18.5 Å². The van der Waals surface area contributed by atoms with Crippen molar-refractivity contribution in [3.8, 4) is 0 Å².